The Balaban J connectivity index is 1.29. The summed E-state index contributed by atoms with van der Waals surface area (Å²) in [5, 5.41) is 1.01. The number of benzene rings is 3. The van der Waals surface area contributed by atoms with Crippen molar-refractivity contribution in [2.24, 2.45) is 0 Å². The highest BCUT2D eigenvalue weighted by atomic mass is 16.5. The molecule has 5 rings (SSSR count). The fraction of sp³-hybridized carbons (Fsp3) is 0.281. The van der Waals surface area contributed by atoms with Gasteiger partial charge in [0.1, 0.15) is 11.3 Å². The van der Waals surface area contributed by atoms with Crippen LogP contribution in [0.1, 0.15) is 23.6 Å². The molecule has 0 bridgehead atoms. The summed E-state index contributed by atoms with van der Waals surface area (Å²) in [6.45, 7) is 8.36. The average molecular weight is 495 g/mol. The molecule has 1 saturated heterocycles. The Hall–Kier alpha value is -3.83. The molecule has 5 nitrogen and oxygen atoms in total. The number of amides is 1. The van der Waals surface area contributed by atoms with E-state index in [-0.39, 0.29) is 5.91 Å². The summed E-state index contributed by atoms with van der Waals surface area (Å²) in [7, 11) is 1.65. The summed E-state index contributed by atoms with van der Waals surface area (Å²) in [4.78, 5) is 17.6. The topological polar surface area (TPSA) is 45.9 Å². The number of methoxy groups -OCH3 is 1. The third kappa shape index (κ3) is 5.62. The smallest absolute Gasteiger partial charge is 0.246 e. The van der Waals surface area contributed by atoms with Crippen LogP contribution in [0.3, 0.4) is 0 Å². The second-order valence-corrected chi connectivity index (χ2v) is 9.79. The monoisotopic (exact) mass is 494 g/mol. The highest BCUT2D eigenvalue weighted by molar-refractivity contribution is 6.00. The Morgan fingerprint density at radius 1 is 1.00 bits per heavy atom. The highest BCUT2D eigenvalue weighted by Gasteiger charge is 2.21. The maximum atomic E-state index is 13.2. The summed E-state index contributed by atoms with van der Waals surface area (Å²) in [5.74, 6) is 0.748. The molecule has 0 radical (unpaired) electrons. The summed E-state index contributed by atoms with van der Waals surface area (Å²) in [6, 6.07) is 23.0. The Morgan fingerprint density at radius 3 is 2.43 bits per heavy atom. The van der Waals surface area contributed by atoms with Crippen LogP contribution in [-0.4, -0.2) is 55.5 Å². The van der Waals surface area contributed by atoms with Crippen LogP contribution in [-0.2, 0) is 11.2 Å². The predicted octanol–water partition coefficient (Wildman–Crippen LogP) is 6.21. The van der Waals surface area contributed by atoms with Crippen molar-refractivity contribution in [1.82, 2.24) is 9.80 Å². The first-order valence-corrected chi connectivity index (χ1v) is 12.9. The van der Waals surface area contributed by atoms with Crippen LogP contribution in [0.25, 0.3) is 27.7 Å². The van der Waals surface area contributed by atoms with Crippen molar-refractivity contribution >= 4 is 22.4 Å². The molecule has 1 fully saturated rings. The van der Waals surface area contributed by atoms with E-state index < -0.39 is 0 Å². The lowest BCUT2D eigenvalue weighted by Crippen LogP contribution is -2.48. The van der Waals surface area contributed by atoms with Gasteiger partial charge >= 0.3 is 0 Å². The number of aryl methyl sites for hydroxylation is 1. The number of ether oxygens (including phenoxy) is 1. The molecule has 1 amide bonds. The van der Waals surface area contributed by atoms with Crippen molar-refractivity contribution in [2.45, 2.75) is 20.3 Å². The minimum atomic E-state index is 0.0494. The second-order valence-electron chi connectivity index (χ2n) is 9.79. The standard InChI is InChI=1S/C32H34N2O3/c1-23-9-11-26(12-10-23)29-22-37-31-21-30(36-3)27(20-28(29)31)24(2)19-32(35)34-17-15-33(16-18-34)14-13-25-7-5-4-6-8-25/h4-12,19-22H,13-18H2,1-3H3/b24-19+. The Morgan fingerprint density at radius 2 is 1.73 bits per heavy atom. The van der Waals surface area contributed by atoms with Gasteiger partial charge in [0.05, 0.1) is 13.4 Å². The van der Waals surface area contributed by atoms with Crippen molar-refractivity contribution < 1.29 is 13.9 Å². The fourth-order valence-corrected chi connectivity index (χ4v) is 4.97. The molecule has 1 aliphatic heterocycles. The average Bonchev–Trinajstić information content (AvgIpc) is 3.35. The number of nitrogens with zero attached hydrogens (tertiary/aromatic N) is 2. The first-order valence-electron chi connectivity index (χ1n) is 12.9. The normalized spacial score (nSPS) is 14.8. The third-order valence-electron chi connectivity index (χ3n) is 7.27. The molecular weight excluding hydrogens is 460 g/mol. The van der Waals surface area contributed by atoms with E-state index in [0.717, 1.165) is 72.4 Å². The molecule has 0 aliphatic carbocycles. The van der Waals surface area contributed by atoms with Crippen LogP contribution >= 0.6 is 0 Å². The van der Waals surface area contributed by atoms with Crippen LogP contribution in [0.4, 0.5) is 0 Å². The maximum Gasteiger partial charge on any atom is 0.246 e. The minimum absolute atomic E-state index is 0.0494. The van der Waals surface area contributed by atoms with E-state index in [9.17, 15) is 4.79 Å². The quantitative estimate of drug-likeness (QED) is 0.287. The summed E-state index contributed by atoms with van der Waals surface area (Å²) >= 11 is 0. The molecule has 0 atom stereocenters. The van der Waals surface area contributed by atoms with Gasteiger partial charge < -0.3 is 14.1 Å². The summed E-state index contributed by atoms with van der Waals surface area (Å²) in [5.41, 5.74) is 7.25. The molecule has 2 heterocycles. The lowest BCUT2D eigenvalue weighted by atomic mass is 9.98. The Labute approximate surface area is 219 Å². The lowest BCUT2D eigenvalue weighted by Gasteiger charge is -2.34. The number of hydrogen-bond acceptors (Lipinski definition) is 4. The molecular formula is C32H34N2O3. The zero-order chi connectivity index (χ0) is 25.8. The number of piperazine rings is 1. The Bertz CT molecular complexity index is 1400. The maximum absolute atomic E-state index is 13.2. The largest absolute Gasteiger partial charge is 0.496 e. The van der Waals surface area contributed by atoms with Crippen molar-refractivity contribution in [2.75, 3.05) is 39.8 Å². The van der Waals surface area contributed by atoms with Crippen LogP contribution in [0, 0.1) is 6.92 Å². The predicted molar refractivity (Wildman–Crippen MR) is 150 cm³/mol. The van der Waals surface area contributed by atoms with E-state index in [1.54, 1.807) is 19.4 Å². The molecule has 5 heteroatoms. The van der Waals surface area contributed by atoms with Gasteiger partial charge in [0.15, 0.2) is 0 Å². The molecule has 4 aromatic rings. The van der Waals surface area contributed by atoms with Crippen molar-refractivity contribution in [3.63, 3.8) is 0 Å². The SMILES string of the molecule is COc1cc2occ(-c3ccc(C)cc3)c2cc1/C(C)=C/C(=O)N1CCN(CCc2ccccc2)CC1. The lowest BCUT2D eigenvalue weighted by molar-refractivity contribution is -0.127. The van der Waals surface area contributed by atoms with Gasteiger partial charge in [0.25, 0.3) is 0 Å². The van der Waals surface area contributed by atoms with Crippen LogP contribution in [0.15, 0.2) is 83.5 Å². The number of carbonyl (C=O) groups is 1. The van der Waals surface area contributed by atoms with Crippen molar-refractivity contribution in [3.8, 4) is 16.9 Å². The van der Waals surface area contributed by atoms with Crippen LogP contribution < -0.4 is 4.74 Å². The fourth-order valence-electron chi connectivity index (χ4n) is 4.97. The number of hydrogen-bond donors (Lipinski definition) is 0. The van der Waals surface area contributed by atoms with E-state index in [1.807, 2.05) is 17.9 Å². The summed E-state index contributed by atoms with van der Waals surface area (Å²) in [6.07, 6.45) is 4.57. The van der Waals surface area contributed by atoms with E-state index in [0.29, 0.717) is 5.75 Å². The van der Waals surface area contributed by atoms with Gasteiger partial charge in [-0.1, -0.05) is 60.2 Å². The molecule has 190 valence electrons. The van der Waals surface area contributed by atoms with Crippen molar-refractivity contribution in [1.29, 1.82) is 0 Å². The zero-order valence-corrected chi connectivity index (χ0v) is 21.9. The first kappa shape index (κ1) is 24.8. The second kappa shape index (κ2) is 11.1. The summed E-state index contributed by atoms with van der Waals surface area (Å²) < 4.78 is 11.5. The third-order valence-corrected chi connectivity index (χ3v) is 7.27. The van der Waals surface area contributed by atoms with Gasteiger partial charge in [-0.2, -0.15) is 0 Å². The number of rotatable bonds is 7. The zero-order valence-electron chi connectivity index (χ0n) is 21.9. The Kier molecular flexibility index (Phi) is 7.42. The molecule has 0 unspecified atom stereocenters. The minimum Gasteiger partial charge on any atom is -0.496 e. The number of carbonyl (C=O) groups excluding carboxylic acids is 1. The molecule has 0 spiro atoms. The van der Waals surface area contributed by atoms with Crippen molar-refractivity contribution in [3.05, 3.63) is 95.8 Å². The number of fused-ring (bicyclic) bond motifs is 1. The van der Waals surface area contributed by atoms with Crippen LogP contribution in [0.2, 0.25) is 0 Å². The molecule has 3 aromatic carbocycles. The molecule has 37 heavy (non-hydrogen) atoms. The van der Waals surface area contributed by atoms with E-state index in [4.69, 9.17) is 9.15 Å². The molecule has 1 aromatic heterocycles. The molecule has 0 N–H and O–H groups in total. The highest BCUT2D eigenvalue weighted by Crippen LogP contribution is 2.37. The van der Waals surface area contributed by atoms with Gasteiger partial charge in [-0.25, -0.2) is 0 Å². The van der Waals surface area contributed by atoms with E-state index in [2.05, 4.69) is 72.5 Å². The first-order chi connectivity index (χ1) is 18.0. The number of furan rings is 1. The number of allylic oxidation sites excluding steroid dienone is 1. The van der Waals surface area contributed by atoms with Gasteiger partial charge in [-0.15, -0.1) is 0 Å². The van der Waals surface area contributed by atoms with Crippen LogP contribution in [0.5, 0.6) is 5.75 Å². The van der Waals surface area contributed by atoms with Gasteiger partial charge in [0.2, 0.25) is 5.91 Å². The molecule has 1 aliphatic rings. The van der Waals surface area contributed by atoms with Gasteiger partial charge in [-0.3, -0.25) is 9.69 Å². The van der Waals surface area contributed by atoms with E-state index in [1.165, 1.54) is 11.1 Å². The van der Waals surface area contributed by atoms with E-state index >= 15 is 0 Å². The molecule has 0 saturated carbocycles. The van der Waals surface area contributed by atoms with Gasteiger partial charge in [0, 0.05) is 61.4 Å². The van der Waals surface area contributed by atoms with Gasteiger partial charge in [-0.05, 0) is 43.0 Å².